The molecule has 0 aliphatic heterocycles. The minimum absolute atomic E-state index is 0.646. The first-order valence-electron chi connectivity index (χ1n) is 7.63. The number of nitrogens with zero attached hydrogens (tertiary/aromatic N) is 1. The van der Waals surface area contributed by atoms with Crippen molar-refractivity contribution in [3.63, 3.8) is 0 Å². The number of hydrogen-bond acceptors (Lipinski definition) is 3. The molecule has 0 amide bonds. The van der Waals surface area contributed by atoms with Crippen molar-refractivity contribution in [1.82, 2.24) is 4.98 Å². The van der Waals surface area contributed by atoms with Gasteiger partial charge in [-0.15, -0.1) is 0 Å². The van der Waals surface area contributed by atoms with Crippen LogP contribution in [0.1, 0.15) is 5.56 Å². The number of anilines is 2. The molecule has 2 aromatic carbocycles. The van der Waals surface area contributed by atoms with E-state index in [1.54, 1.807) is 0 Å². The molecule has 0 aliphatic carbocycles. The Balaban J connectivity index is 1.63. The summed E-state index contributed by atoms with van der Waals surface area (Å²) in [6.45, 7) is 0.763. The van der Waals surface area contributed by atoms with Gasteiger partial charge in [-0.25, -0.2) is 4.98 Å². The van der Waals surface area contributed by atoms with Crippen LogP contribution in [0.3, 0.4) is 0 Å². The zero-order chi connectivity index (χ0) is 16.9. The van der Waals surface area contributed by atoms with E-state index in [9.17, 15) is 0 Å². The molecule has 0 unspecified atom stereocenters. The number of halogens is 2. The van der Waals surface area contributed by atoms with Gasteiger partial charge in [0.1, 0.15) is 4.60 Å². The zero-order valence-corrected chi connectivity index (χ0v) is 15.3. The van der Waals surface area contributed by atoms with E-state index in [1.807, 2.05) is 36.4 Å². The first-order valence-corrected chi connectivity index (χ1v) is 8.80. The van der Waals surface area contributed by atoms with E-state index in [2.05, 4.69) is 50.5 Å². The highest BCUT2D eigenvalue weighted by Crippen LogP contribution is 2.27. The van der Waals surface area contributed by atoms with Gasteiger partial charge in [-0.1, -0.05) is 54.1 Å². The fourth-order valence-corrected chi connectivity index (χ4v) is 3.01. The number of aromatic nitrogens is 1. The Bertz CT molecular complexity index is 834. The van der Waals surface area contributed by atoms with Gasteiger partial charge in [0.05, 0.1) is 5.69 Å². The van der Waals surface area contributed by atoms with Crippen molar-refractivity contribution in [3.05, 3.63) is 75.9 Å². The minimum atomic E-state index is 0.646. The third-order valence-corrected chi connectivity index (χ3v) is 4.51. The molecule has 5 heteroatoms. The summed E-state index contributed by atoms with van der Waals surface area (Å²) in [5.41, 5.74) is 9.97. The highest BCUT2D eigenvalue weighted by atomic mass is 79.9. The second-order valence-corrected chi connectivity index (χ2v) is 6.65. The summed E-state index contributed by atoms with van der Waals surface area (Å²) in [7, 11) is 0. The van der Waals surface area contributed by atoms with Crippen LogP contribution in [0.25, 0.3) is 11.1 Å². The Labute approximate surface area is 155 Å². The molecule has 3 N–H and O–H groups in total. The Morgan fingerprint density at radius 2 is 1.75 bits per heavy atom. The SMILES string of the molecule is Nc1ccc(Br)nc1NCCc1ccc(-c2ccccc2Cl)cc1. The molecule has 0 bridgehead atoms. The number of benzene rings is 2. The quantitative estimate of drug-likeness (QED) is 0.562. The van der Waals surface area contributed by atoms with Crippen molar-refractivity contribution < 1.29 is 0 Å². The minimum Gasteiger partial charge on any atom is -0.396 e. The molecular formula is C19H17BrClN3. The van der Waals surface area contributed by atoms with Crippen molar-refractivity contribution in [3.8, 4) is 11.1 Å². The van der Waals surface area contributed by atoms with Gasteiger partial charge in [0.25, 0.3) is 0 Å². The summed E-state index contributed by atoms with van der Waals surface area (Å²) < 4.78 is 0.767. The lowest BCUT2D eigenvalue weighted by Gasteiger charge is -2.09. The molecule has 0 saturated carbocycles. The van der Waals surface area contributed by atoms with Crippen LogP contribution in [0.2, 0.25) is 5.02 Å². The Hall–Kier alpha value is -2.04. The Kier molecular flexibility index (Phi) is 5.38. The molecular weight excluding hydrogens is 386 g/mol. The maximum atomic E-state index is 6.24. The Morgan fingerprint density at radius 1 is 1.00 bits per heavy atom. The van der Waals surface area contributed by atoms with Crippen molar-refractivity contribution in [2.24, 2.45) is 0 Å². The van der Waals surface area contributed by atoms with Crippen LogP contribution in [0, 0.1) is 0 Å². The summed E-state index contributed by atoms with van der Waals surface area (Å²) in [6, 6.07) is 20.0. The third kappa shape index (κ3) is 4.08. The maximum absolute atomic E-state index is 6.24. The molecule has 0 saturated heterocycles. The van der Waals surface area contributed by atoms with Gasteiger partial charge in [0.2, 0.25) is 0 Å². The molecule has 24 heavy (non-hydrogen) atoms. The van der Waals surface area contributed by atoms with Crippen LogP contribution in [0.5, 0.6) is 0 Å². The predicted octanol–water partition coefficient (Wildman–Crippen LogP) is 5.40. The van der Waals surface area contributed by atoms with Crippen molar-refractivity contribution in [2.75, 3.05) is 17.6 Å². The molecule has 0 fully saturated rings. The van der Waals surface area contributed by atoms with Gasteiger partial charge in [-0.2, -0.15) is 0 Å². The van der Waals surface area contributed by atoms with Gasteiger partial charge in [-0.3, -0.25) is 0 Å². The van der Waals surface area contributed by atoms with Crippen molar-refractivity contribution >= 4 is 39.0 Å². The Morgan fingerprint density at radius 3 is 2.50 bits per heavy atom. The summed E-state index contributed by atoms with van der Waals surface area (Å²) in [4.78, 5) is 4.33. The fourth-order valence-electron chi connectivity index (χ4n) is 2.46. The molecule has 0 spiro atoms. The van der Waals surface area contributed by atoms with E-state index < -0.39 is 0 Å². The third-order valence-electron chi connectivity index (χ3n) is 3.74. The topological polar surface area (TPSA) is 50.9 Å². The number of nitrogens with one attached hydrogen (secondary N) is 1. The van der Waals surface area contributed by atoms with E-state index in [-0.39, 0.29) is 0 Å². The van der Waals surface area contributed by atoms with Gasteiger partial charge < -0.3 is 11.1 Å². The average Bonchev–Trinajstić information content (AvgIpc) is 2.59. The summed E-state index contributed by atoms with van der Waals surface area (Å²) in [6.07, 6.45) is 0.885. The van der Waals surface area contributed by atoms with E-state index in [1.165, 1.54) is 5.56 Å². The van der Waals surface area contributed by atoms with Gasteiger partial charge in [0, 0.05) is 17.1 Å². The van der Waals surface area contributed by atoms with E-state index in [0.717, 1.165) is 33.7 Å². The molecule has 0 atom stereocenters. The van der Waals surface area contributed by atoms with Crippen LogP contribution >= 0.6 is 27.5 Å². The van der Waals surface area contributed by atoms with Gasteiger partial charge >= 0.3 is 0 Å². The van der Waals surface area contributed by atoms with Crippen LogP contribution < -0.4 is 11.1 Å². The first kappa shape index (κ1) is 16.8. The van der Waals surface area contributed by atoms with Crippen LogP contribution in [0.15, 0.2) is 65.3 Å². The summed E-state index contributed by atoms with van der Waals surface area (Å²) in [5, 5.41) is 4.04. The first-order chi connectivity index (χ1) is 11.6. The van der Waals surface area contributed by atoms with E-state index >= 15 is 0 Å². The molecule has 1 heterocycles. The number of rotatable bonds is 5. The number of nitrogen functional groups attached to an aromatic ring is 1. The van der Waals surface area contributed by atoms with E-state index in [4.69, 9.17) is 17.3 Å². The summed E-state index contributed by atoms with van der Waals surface area (Å²) in [5.74, 6) is 0.706. The number of pyridine rings is 1. The fraction of sp³-hybridized carbons (Fsp3) is 0.105. The molecule has 1 aromatic heterocycles. The second kappa shape index (κ2) is 7.69. The molecule has 122 valence electrons. The van der Waals surface area contributed by atoms with Crippen molar-refractivity contribution in [2.45, 2.75) is 6.42 Å². The molecule has 3 aromatic rings. The van der Waals surface area contributed by atoms with Crippen LogP contribution in [0.4, 0.5) is 11.5 Å². The lowest BCUT2D eigenvalue weighted by molar-refractivity contribution is 1.01. The lowest BCUT2D eigenvalue weighted by atomic mass is 10.0. The number of hydrogen-bond donors (Lipinski definition) is 2. The lowest BCUT2D eigenvalue weighted by Crippen LogP contribution is -2.08. The molecule has 3 rings (SSSR count). The number of nitrogens with two attached hydrogens (primary N) is 1. The largest absolute Gasteiger partial charge is 0.396 e. The average molecular weight is 403 g/mol. The zero-order valence-electron chi connectivity index (χ0n) is 13.0. The molecule has 0 radical (unpaired) electrons. The van der Waals surface area contributed by atoms with E-state index in [0.29, 0.717) is 11.5 Å². The summed E-state index contributed by atoms with van der Waals surface area (Å²) >= 11 is 9.60. The van der Waals surface area contributed by atoms with Gasteiger partial charge in [-0.05, 0) is 51.7 Å². The van der Waals surface area contributed by atoms with Crippen molar-refractivity contribution in [1.29, 1.82) is 0 Å². The monoisotopic (exact) mass is 401 g/mol. The smallest absolute Gasteiger partial charge is 0.150 e. The van der Waals surface area contributed by atoms with Crippen LogP contribution in [-0.2, 0) is 6.42 Å². The normalized spacial score (nSPS) is 10.6. The molecule has 3 nitrogen and oxygen atoms in total. The second-order valence-electron chi connectivity index (χ2n) is 5.43. The van der Waals surface area contributed by atoms with Crippen LogP contribution in [-0.4, -0.2) is 11.5 Å². The predicted molar refractivity (Wildman–Crippen MR) is 105 cm³/mol. The molecule has 0 aliphatic rings. The van der Waals surface area contributed by atoms with Gasteiger partial charge in [0.15, 0.2) is 5.82 Å². The maximum Gasteiger partial charge on any atom is 0.150 e. The highest BCUT2D eigenvalue weighted by Gasteiger charge is 2.04. The standard InChI is InChI=1S/C19H17BrClN3/c20-18-10-9-17(22)19(24-18)23-12-11-13-5-7-14(8-6-13)15-3-1-2-4-16(15)21/h1-10H,11-12,22H2,(H,23,24). The highest BCUT2D eigenvalue weighted by molar-refractivity contribution is 9.10.